The number of hydrogen-bond donors (Lipinski definition) is 1. The predicted molar refractivity (Wildman–Crippen MR) is 90.9 cm³/mol. The topological polar surface area (TPSA) is 78.0 Å². The Morgan fingerprint density at radius 2 is 2.00 bits per heavy atom. The SMILES string of the molecule is Cc1nc(C(N)=O)cc(=O)n1[C@@H](c1ccc(SC(F)(F)F)c(F)c1)C1CC1. The first kappa shape index (κ1) is 19.4. The molecule has 27 heavy (non-hydrogen) atoms. The molecule has 0 bridgehead atoms. The minimum Gasteiger partial charge on any atom is -0.364 e. The van der Waals surface area contributed by atoms with Crippen LogP contribution in [0.4, 0.5) is 17.6 Å². The van der Waals surface area contributed by atoms with Crippen molar-refractivity contribution < 1.29 is 22.4 Å². The van der Waals surface area contributed by atoms with E-state index in [1.807, 2.05) is 0 Å². The van der Waals surface area contributed by atoms with Gasteiger partial charge in [0.05, 0.1) is 10.9 Å². The van der Waals surface area contributed by atoms with Crippen LogP contribution in [-0.2, 0) is 0 Å². The highest BCUT2D eigenvalue weighted by molar-refractivity contribution is 8.00. The molecule has 0 aliphatic heterocycles. The van der Waals surface area contributed by atoms with Gasteiger partial charge in [-0.25, -0.2) is 9.37 Å². The third kappa shape index (κ3) is 4.32. The van der Waals surface area contributed by atoms with Crippen LogP contribution in [0.1, 0.15) is 40.8 Å². The molecule has 0 spiro atoms. The molecule has 10 heteroatoms. The lowest BCUT2D eigenvalue weighted by atomic mass is 10.0. The fourth-order valence-electron chi connectivity index (χ4n) is 3.02. The number of amides is 1. The minimum absolute atomic E-state index is 0.0307. The Hall–Kier alpha value is -2.36. The zero-order valence-electron chi connectivity index (χ0n) is 14.1. The van der Waals surface area contributed by atoms with Crippen LogP contribution in [-0.4, -0.2) is 21.0 Å². The first-order valence-corrected chi connectivity index (χ1v) is 8.83. The van der Waals surface area contributed by atoms with Crippen LogP contribution in [0, 0.1) is 18.7 Å². The third-order valence-corrected chi connectivity index (χ3v) is 5.03. The second-order valence-corrected chi connectivity index (χ2v) is 7.39. The lowest BCUT2D eigenvalue weighted by Gasteiger charge is -2.22. The van der Waals surface area contributed by atoms with Gasteiger partial charge in [-0.15, -0.1) is 0 Å². The predicted octanol–water partition coefficient (Wildman–Crippen LogP) is 3.40. The van der Waals surface area contributed by atoms with Gasteiger partial charge in [-0.2, -0.15) is 13.2 Å². The molecule has 0 unspecified atom stereocenters. The van der Waals surface area contributed by atoms with E-state index in [1.165, 1.54) is 17.6 Å². The molecule has 1 heterocycles. The van der Waals surface area contributed by atoms with E-state index in [9.17, 15) is 27.2 Å². The fraction of sp³-hybridized carbons (Fsp3) is 0.353. The van der Waals surface area contributed by atoms with Crippen LogP contribution in [0.2, 0.25) is 0 Å². The van der Waals surface area contributed by atoms with Gasteiger partial charge in [0.2, 0.25) is 0 Å². The Kier molecular flexibility index (Phi) is 5.02. The van der Waals surface area contributed by atoms with Gasteiger partial charge < -0.3 is 5.73 Å². The molecule has 144 valence electrons. The number of thioether (sulfide) groups is 1. The molecule has 0 radical (unpaired) electrons. The number of aryl methyl sites for hydroxylation is 1. The number of nitrogens with zero attached hydrogens (tertiary/aromatic N) is 2. The Bertz CT molecular complexity index is 954. The van der Waals surface area contributed by atoms with E-state index in [-0.39, 0.29) is 17.4 Å². The molecule has 1 aromatic heterocycles. The summed E-state index contributed by atoms with van der Waals surface area (Å²) in [5, 5.41) is 0. The average Bonchev–Trinajstić information content (AvgIpc) is 3.36. The second kappa shape index (κ2) is 6.99. The van der Waals surface area contributed by atoms with Gasteiger partial charge in [0.1, 0.15) is 17.3 Å². The van der Waals surface area contributed by atoms with Crippen molar-refractivity contribution in [2.75, 3.05) is 0 Å². The minimum atomic E-state index is -4.60. The molecule has 1 amide bonds. The number of primary amides is 1. The standard InChI is InChI=1S/C17H15F4N3O2S/c1-8-23-12(16(22)26)7-14(25)24(8)15(9-2-3-9)10-4-5-13(11(18)6-10)27-17(19,20)21/h4-7,9,15H,2-3H2,1H3,(H2,22,26)/t15-/m1/s1. The summed E-state index contributed by atoms with van der Waals surface area (Å²) < 4.78 is 53.0. The molecular formula is C17H15F4N3O2S. The monoisotopic (exact) mass is 401 g/mol. The Balaban J connectivity index is 2.04. The molecular weight excluding hydrogens is 386 g/mol. The maximum absolute atomic E-state index is 14.2. The van der Waals surface area contributed by atoms with E-state index in [0.29, 0.717) is 5.56 Å². The van der Waals surface area contributed by atoms with Crippen LogP contribution in [0.5, 0.6) is 0 Å². The van der Waals surface area contributed by atoms with Crippen molar-refractivity contribution in [2.45, 2.75) is 36.2 Å². The van der Waals surface area contributed by atoms with Crippen LogP contribution in [0.25, 0.3) is 0 Å². The fourth-order valence-corrected chi connectivity index (χ4v) is 3.57. The molecule has 2 N–H and O–H groups in total. The van der Waals surface area contributed by atoms with Crippen LogP contribution >= 0.6 is 11.8 Å². The van der Waals surface area contributed by atoms with E-state index < -0.39 is 45.5 Å². The maximum atomic E-state index is 14.2. The Morgan fingerprint density at radius 1 is 1.33 bits per heavy atom. The van der Waals surface area contributed by atoms with Crippen molar-refractivity contribution in [3.8, 4) is 0 Å². The molecule has 2 aromatic rings. The summed E-state index contributed by atoms with van der Waals surface area (Å²) >= 11 is -0.528. The first-order chi connectivity index (χ1) is 12.6. The number of nitrogens with two attached hydrogens (primary N) is 1. The highest BCUT2D eigenvalue weighted by Gasteiger charge is 2.36. The van der Waals surface area contributed by atoms with Crippen molar-refractivity contribution >= 4 is 17.7 Å². The van der Waals surface area contributed by atoms with Gasteiger partial charge in [-0.05, 0) is 55.1 Å². The largest absolute Gasteiger partial charge is 0.446 e. The van der Waals surface area contributed by atoms with Gasteiger partial charge in [0.15, 0.2) is 0 Å². The zero-order valence-corrected chi connectivity index (χ0v) is 14.9. The van der Waals surface area contributed by atoms with Crippen molar-refractivity contribution in [3.63, 3.8) is 0 Å². The number of rotatable bonds is 5. The van der Waals surface area contributed by atoms with Gasteiger partial charge in [0, 0.05) is 6.07 Å². The second-order valence-electron chi connectivity index (χ2n) is 6.28. The molecule has 1 atom stereocenters. The zero-order chi connectivity index (χ0) is 19.9. The van der Waals surface area contributed by atoms with E-state index >= 15 is 0 Å². The molecule has 1 aromatic carbocycles. The quantitative estimate of drug-likeness (QED) is 0.615. The molecule has 5 nitrogen and oxygen atoms in total. The van der Waals surface area contributed by atoms with Gasteiger partial charge in [0.25, 0.3) is 11.5 Å². The normalized spacial score (nSPS) is 15.6. The van der Waals surface area contributed by atoms with Crippen LogP contribution in [0.3, 0.4) is 0 Å². The van der Waals surface area contributed by atoms with Crippen molar-refractivity contribution in [3.05, 3.63) is 57.5 Å². The third-order valence-electron chi connectivity index (χ3n) is 4.25. The summed E-state index contributed by atoms with van der Waals surface area (Å²) in [7, 11) is 0. The van der Waals surface area contributed by atoms with Gasteiger partial charge in [-0.3, -0.25) is 14.2 Å². The first-order valence-electron chi connectivity index (χ1n) is 8.02. The summed E-state index contributed by atoms with van der Waals surface area (Å²) in [5.41, 5.74) is 0.233. The van der Waals surface area contributed by atoms with E-state index in [2.05, 4.69) is 4.98 Å². The number of aromatic nitrogens is 2. The van der Waals surface area contributed by atoms with Crippen molar-refractivity contribution in [1.82, 2.24) is 9.55 Å². The Morgan fingerprint density at radius 3 is 2.48 bits per heavy atom. The summed E-state index contributed by atoms with van der Waals surface area (Å²) in [6, 6.07) is 3.89. The maximum Gasteiger partial charge on any atom is 0.446 e. The highest BCUT2D eigenvalue weighted by Crippen LogP contribution is 2.45. The summed E-state index contributed by atoms with van der Waals surface area (Å²) in [6.07, 6.45) is 1.57. The van der Waals surface area contributed by atoms with Gasteiger partial charge >= 0.3 is 5.51 Å². The van der Waals surface area contributed by atoms with Crippen LogP contribution < -0.4 is 11.3 Å². The number of benzene rings is 1. The average molecular weight is 401 g/mol. The number of alkyl halides is 3. The molecule has 1 fully saturated rings. The van der Waals surface area contributed by atoms with Gasteiger partial charge in [-0.1, -0.05) is 6.07 Å². The molecule has 1 saturated carbocycles. The number of carbonyl (C=O) groups is 1. The molecule has 1 aliphatic rings. The van der Waals surface area contributed by atoms with E-state index in [1.54, 1.807) is 0 Å². The summed E-state index contributed by atoms with van der Waals surface area (Å²) in [6.45, 7) is 1.52. The molecule has 3 rings (SSSR count). The number of carbonyl (C=O) groups excluding carboxylic acids is 1. The van der Waals surface area contributed by atoms with Crippen LogP contribution in [0.15, 0.2) is 34.0 Å². The van der Waals surface area contributed by atoms with E-state index in [0.717, 1.165) is 31.0 Å². The summed E-state index contributed by atoms with van der Waals surface area (Å²) in [5.74, 6) is -1.59. The summed E-state index contributed by atoms with van der Waals surface area (Å²) in [4.78, 5) is 27.3. The lowest BCUT2D eigenvalue weighted by Crippen LogP contribution is -2.31. The lowest BCUT2D eigenvalue weighted by molar-refractivity contribution is -0.0329. The highest BCUT2D eigenvalue weighted by atomic mass is 32.2. The Labute approximate surface area is 155 Å². The van der Waals surface area contributed by atoms with Crippen molar-refractivity contribution in [2.24, 2.45) is 11.7 Å². The molecule has 0 saturated heterocycles. The van der Waals surface area contributed by atoms with Crippen molar-refractivity contribution in [1.29, 1.82) is 0 Å². The number of hydrogen-bond acceptors (Lipinski definition) is 4. The number of halogens is 4. The van der Waals surface area contributed by atoms with E-state index in [4.69, 9.17) is 5.73 Å². The smallest absolute Gasteiger partial charge is 0.364 e. The molecule has 1 aliphatic carbocycles.